The van der Waals surface area contributed by atoms with Gasteiger partial charge in [0, 0.05) is 140 Å². The summed E-state index contributed by atoms with van der Waals surface area (Å²) in [4.78, 5) is 65.1. The first kappa shape index (κ1) is 34.6. The molecule has 0 aromatic heterocycles. The van der Waals surface area contributed by atoms with E-state index in [1.807, 2.05) is 6.92 Å². The summed E-state index contributed by atoms with van der Waals surface area (Å²) in [5.74, 6) is -4.12. The van der Waals surface area contributed by atoms with Gasteiger partial charge < -0.3 is 10.2 Å². The second kappa shape index (κ2) is 12.7. The maximum atomic E-state index is 14.4. The normalized spacial score (nSPS) is 42.4. The van der Waals surface area contributed by atoms with Gasteiger partial charge >= 0.3 is 5.97 Å². The van der Waals surface area contributed by atoms with Crippen molar-refractivity contribution in [3.05, 3.63) is 0 Å². The van der Waals surface area contributed by atoms with E-state index in [9.17, 15) is 34.2 Å². The molecule has 2 N–H and O–H groups in total. The summed E-state index contributed by atoms with van der Waals surface area (Å²) in [6.45, 7) is 3.09. The number of carboxylic acids is 1. The van der Waals surface area contributed by atoms with Crippen molar-refractivity contribution in [3.8, 4) is 0 Å². The Hall–Kier alpha value is 1.42. The summed E-state index contributed by atoms with van der Waals surface area (Å²) in [6.07, 6.45) is 5.08. The molecule has 10 atom stereocenters. The van der Waals surface area contributed by atoms with Crippen LogP contribution in [0.2, 0.25) is 0 Å². The number of rotatable bonds is 8. The zero-order valence-corrected chi connectivity index (χ0v) is 30.4. The molecule has 4 bridgehead atoms. The van der Waals surface area contributed by atoms with Crippen LogP contribution in [0.3, 0.4) is 0 Å². The van der Waals surface area contributed by atoms with E-state index in [1.54, 1.807) is 6.92 Å². The molecule has 5 aliphatic carbocycles. The Morgan fingerprint density at radius 2 is 1.27 bits per heavy atom. The Kier molecular flexibility index (Phi) is 11.9. The van der Waals surface area contributed by atoms with E-state index < -0.39 is 47.1 Å². The number of hydrogen-bond acceptors (Lipinski definition) is 6. The molecule has 7 nitrogen and oxygen atoms in total. The predicted molar refractivity (Wildman–Crippen MR) is 120 cm³/mol. The van der Waals surface area contributed by atoms with Crippen LogP contribution in [0.1, 0.15) is 71.6 Å². The van der Waals surface area contributed by atoms with Crippen LogP contribution in [0.5, 0.6) is 0 Å². The van der Waals surface area contributed by atoms with E-state index in [0.717, 1.165) is 0 Å². The molecule has 5 aliphatic rings. The maximum absolute atomic E-state index is 14.4. The number of carbonyl (C=O) groups is 5. The molecule has 0 aromatic carbocycles. The van der Waals surface area contributed by atoms with Crippen LogP contribution in [0, 0.1) is 58.2 Å². The molecule has 37 heavy (non-hydrogen) atoms. The summed E-state index contributed by atoms with van der Waals surface area (Å²) in [5.41, 5.74) is -1.42. The van der Waals surface area contributed by atoms with Gasteiger partial charge in [-0.2, -0.15) is 0 Å². The number of hydrogen-bond donors (Lipinski definition) is 2. The first-order chi connectivity index (χ1) is 16.2. The first-order valence-electron chi connectivity index (χ1n) is 13.1. The van der Waals surface area contributed by atoms with E-state index in [4.69, 9.17) is 0 Å². The molecule has 0 saturated heterocycles. The van der Waals surface area contributed by atoms with E-state index in [2.05, 4.69) is 0 Å². The van der Waals surface area contributed by atoms with Gasteiger partial charge in [-0.3, -0.25) is 24.0 Å². The van der Waals surface area contributed by atoms with E-state index in [-0.39, 0.29) is 145 Å². The second-order valence-electron chi connectivity index (χ2n) is 11.9. The third-order valence-electron chi connectivity index (χ3n) is 10.8. The fourth-order valence-electron chi connectivity index (χ4n) is 9.82. The van der Waals surface area contributed by atoms with Crippen molar-refractivity contribution in [1.82, 2.24) is 0 Å². The number of aliphatic hydroxyl groups is 1. The summed E-state index contributed by atoms with van der Waals surface area (Å²) in [5, 5.41) is 19.8. The summed E-state index contributed by atoms with van der Waals surface area (Å²) in [7, 11) is 0. The monoisotopic (exact) mass is 739 g/mol. The van der Waals surface area contributed by atoms with Crippen molar-refractivity contribution < 1.29 is 132 Å². The quantitative estimate of drug-likeness (QED) is 0.393. The molecule has 0 aliphatic heterocycles. The molecule has 10 heteroatoms. The number of Topliss-reactive ketones (excluding diaryl/α,β-unsaturated/α-hetero) is 4. The maximum Gasteiger partial charge on any atom is 0.307 e. The van der Waals surface area contributed by atoms with Crippen molar-refractivity contribution in [2.75, 3.05) is 6.61 Å². The van der Waals surface area contributed by atoms with Gasteiger partial charge in [0.25, 0.3) is 0 Å². The molecule has 5 saturated carbocycles. The Labute approximate surface area is 294 Å². The van der Waals surface area contributed by atoms with Crippen LogP contribution in [0.4, 0.5) is 0 Å². The third kappa shape index (κ3) is 4.95. The molecule has 5 rings (SSSR count). The Morgan fingerprint density at radius 1 is 0.784 bits per heavy atom. The van der Waals surface area contributed by atoms with Gasteiger partial charge in [0.2, 0.25) is 0 Å². The van der Waals surface area contributed by atoms with E-state index in [1.165, 1.54) is 0 Å². The molecule has 0 amide bonds. The number of aliphatic hydroxyl groups excluding tert-OH is 1. The predicted octanol–water partition coefficient (Wildman–Crippen LogP) is 2.85. The van der Waals surface area contributed by atoms with Gasteiger partial charge in [0.1, 0.15) is 24.0 Å². The molecule has 195 valence electrons. The smallest absolute Gasteiger partial charge is 0.307 e. The third-order valence-corrected chi connectivity index (χ3v) is 10.8. The Balaban J connectivity index is 0.00000160. The number of fused-ring (bicyclic) bond motifs is 6. The van der Waals surface area contributed by atoms with Gasteiger partial charge in [-0.05, 0) is 68.6 Å². The van der Waals surface area contributed by atoms with E-state index >= 15 is 0 Å². The minimum Gasteiger partial charge on any atom is -0.481 e. The van der Waals surface area contributed by atoms with Gasteiger partial charge in [-0.15, -0.1) is 0 Å². The van der Waals surface area contributed by atoms with Crippen molar-refractivity contribution in [2.24, 2.45) is 58.2 Å². The van der Waals surface area contributed by atoms with Crippen molar-refractivity contribution >= 4 is 29.1 Å². The second-order valence-corrected chi connectivity index (χ2v) is 11.9. The van der Waals surface area contributed by atoms with Crippen LogP contribution in [0.25, 0.3) is 0 Å². The fourth-order valence-corrected chi connectivity index (χ4v) is 9.82. The number of carbonyl (C=O) groups excluding carboxylic acids is 4. The molecule has 0 aromatic rings. The van der Waals surface area contributed by atoms with Crippen molar-refractivity contribution in [2.45, 2.75) is 71.6 Å². The topological polar surface area (TPSA) is 126 Å². The SMILES string of the molecule is CCCC(=O)[C@@H]1C2C[C@H]([C@@H]1C(=O)O)[C@@]1(CC[C@]3(CC4C[C@@H]3[C@H](C(=O)CO)[C@@H]4C(=O)CC)C1=O)C2.[Y].[Y].[Y]. The zero-order valence-electron chi connectivity index (χ0n) is 21.9. The minimum absolute atomic E-state index is 0. The van der Waals surface area contributed by atoms with Gasteiger partial charge in [-0.25, -0.2) is 0 Å². The number of aliphatic carboxylic acids is 1. The molecular weight excluding hydrogens is 703 g/mol. The summed E-state index contributed by atoms with van der Waals surface area (Å²) < 4.78 is 0. The Morgan fingerprint density at radius 3 is 1.70 bits per heavy atom. The standard InChI is InChI=1S/C27H36O7.3Y/c1-3-5-18(30)21-14-9-16(23(21)24(32)33)27(11-14)7-6-26(25(27)34)10-13-8-15(26)22(19(31)12-28)20(13)17(29)4-2;;;/h13-16,20-23,28H,3-12H2,1-2H3,(H,32,33);;;/t13?,14?,15-,16-,20+,21+,22-,23+,26-,27-;;;/m1.../s1. The fraction of sp³-hybridized carbons (Fsp3) is 0.815. The summed E-state index contributed by atoms with van der Waals surface area (Å²) in [6, 6.07) is 0. The van der Waals surface area contributed by atoms with Crippen LogP contribution in [0.15, 0.2) is 0 Å². The number of carboxylic acid groups (broad SMARTS) is 1. The molecule has 2 unspecified atom stereocenters. The van der Waals surface area contributed by atoms with Crippen LogP contribution in [-0.4, -0.2) is 45.9 Å². The molecule has 0 heterocycles. The van der Waals surface area contributed by atoms with Crippen LogP contribution < -0.4 is 0 Å². The average molecular weight is 739 g/mol. The molecular formula is C27H36O7Y3. The van der Waals surface area contributed by atoms with Gasteiger partial charge in [0.05, 0.1) is 5.92 Å². The molecule has 3 radical (unpaired) electrons. The Bertz CT molecular complexity index is 970. The molecule has 5 fully saturated rings. The average Bonchev–Trinajstić information content (AvgIpc) is 3.60. The molecule has 2 spiro atoms. The van der Waals surface area contributed by atoms with Gasteiger partial charge in [0.15, 0.2) is 5.78 Å². The summed E-state index contributed by atoms with van der Waals surface area (Å²) >= 11 is 0. The van der Waals surface area contributed by atoms with E-state index in [0.29, 0.717) is 57.8 Å². The van der Waals surface area contributed by atoms with Crippen LogP contribution in [-0.2, 0) is 122 Å². The van der Waals surface area contributed by atoms with Crippen molar-refractivity contribution in [3.63, 3.8) is 0 Å². The first-order valence-corrected chi connectivity index (χ1v) is 13.1. The largest absolute Gasteiger partial charge is 0.481 e. The zero-order chi connectivity index (χ0) is 24.6. The van der Waals surface area contributed by atoms with Crippen molar-refractivity contribution in [1.29, 1.82) is 0 Å². The minimum atomic E-state index is -0.968. The van der Waals surface area contributed by atoms with Gasteiger partial charge in [-0.1, -0.05) is 13.8 Å². The number of ketones is 4. The van der Waals surface area contributed by atoms with Crippen LogP contribution >= 0.6 is 0 Å².